The Morgan fingerprint density at radius 1 is 1.33 bits per heavy atom. The first-order valence-electron chi connectivity index (χ1n) is 8.89. The van der Waals surface area contributed by atoms with E-state index >= 15 is 0 Å². The lowest BCUT2D eigenvalue weighted by Crippen LogP contribution is -2.38. The number of aryl methyl sites for hydroxylation is 1. The lowest BCUT2D eigenvalue weighted by Gasteiger charge is -2.21. The molecule has 0 saturated heterocycles. The fourth-order valence-electron chi connectivity index (χ4n) is 2.61. The molecule has 2 aromatic rings. The van der Waals surface area contributed by atoms with Gasteiger partial charge in [0.05, 0.1) is 6.20 Å². The minimum absolute atomic E-state index is 0.0141. The van der Waals surface area contributed by atoms with Crippen LogP contribution in [-0.2, 0) is 24.9 Å². The molecule has 0 bridgehead atoms. The Bertz CT molecular complexity index is 771. The van der Waals surface area contributed by atoms with Gasteiger partial charge in [0.2, 0.25) is 0 Å². The van der Waals surface area contributed by atoms with Crippen molar-refractivity contribution in [3.8, 4) is 5.75 Å². The molecule has 2 rings (SSSR count). The lowest BCUT2D eigenvalue weighted by atomic mass is 10.2. The minimum atomic E-state index is -0.126. The molecule has 2 N–H and O–H groups in total. The van der Waals surface area contributed by atoms with Crippen LogP contribution in [0.3, 0.4) is 0 Å². The van der Waals surface area contributed by atoms with E-state index in [2.05, 4.69) is 20.7 Å². The van der Waals surface area contributed by atoms with Crippen molar-refractivity contribution in [1.29, 1.82) is 0 Å². The highest BCUT2D eigenvalue weighted by Crippen LogP contribution is 2.13. The maximum atomic E-state index is 11.5. The van der Waals surface area contributed by atoms with Crippen molar-refractivity contribution in [2.75, 3.05) is 27.2 Å². The third-order valence-corrected chi connectivity index (χ3v) is 3.84. The molecule has 27 heavy (non-hydrogen) atoms. The summed E-state index contributed by atoms with van der Waals surface area (Å²) in [7, 11) is 5.64. The van der Waals surface area contributed by atoms with Crippen LogP contribution in [-0.4, -0.2) is 53.8 Å². The molecule has 0 aliphatic rings. The number of benzene rings is 1. The Hall–Kier alpha value is -3.03. The molecule has 1 amide bonds. The summed E-state index contributed by atoms with van der Waals surface area (Å²) in [6, 6.07) is 7.67. The molecule has 0 aliphatic heterocycles. The number of aromatic nitrogens is 2. The number of guanidine groups is 1. The van der Waals surface area contributed by atoms with Crippen molar-refractivity contribution < 1.29 is 9.53 Å². The molecule has 1 aromatic heterocycles. The molecule has 0 saturated carbocycles. The number of ether oxygens (including phenoxy) is 1. The number of amides is 1. The van der Waals surface area contributed by atoms with E-state index in [1.165, 1.54) is 0 Å². The third kappa shape index (κ3) is 6.65. The Balaban J connectivity index is 1.88. The van der Waals surface area contributed by atoms with Crippen LogP contribution < -0.4 is 15.4 Å². The molecule has 146 valence electrons. The zero-order chi connectivity index (χ0) is 19.6. The molecule has 0 fully saturated rings. The molecule has 0 aliphatic carbocycles. The summed E-state index contributed by atoms with van der Waals surface area (Å²) in [6.45, 7) is 3.80. The molecule has 1 aromatic carbocycles. The first-order valence-corrected chi connectivity index (χ1v) is 8.89. The first kappa shape index (κ1) is 20.3. The van der Waals surface area contributed by atoms with E-state index in [-0.39, 0.29) is 12.5 Å². The number of likely N-dealkylation sites (N-methyl/N-ethyl adjacent to an activating group) is 1. The van der Waals surface area contributed by atoms with Crippen molar-refractivity contribution in [1.82, 2.24) is 25.3 Å². The minimum Gasteiger partial charge on any atom is -0.484 e. The topological polar surface area (TPSA) is 83.8 Å². The molecule has 0 unspecified atom stereocenters. The number of rotatable bonds is 8. The van der Waals surface area contributed by atoms with Gasteiger partial charge >= 0.3 is 0 Å². The van der Waals surface area contributed by atoms with Crippen LogP contribution in [0, 0.1) is 0 Å². The normalized spacial score (nSPS) is 11.2. The number of nitrogens with one attached hydrogen (secondary N) is 2. The van der Waals surface area contributed by atoms with Crippen molar-refractivity contribution >= 4 is 11.9 Å². The van der Waals surface area contributed by atoms with Gasteiger partial charge in [0, 0.05) is 52.5 Å². The van der Waals surface area contributed by atoms with E-state index in [1.54, 1.807) is 11.7 Å². The predicted molar refractivity (Wildman–Crippen MR) is 105 cm³/mol. The van der Waals surface area contributed by atoms with Crippen LogP contribution in [0.1, 0.15) is 18.1 Å². The standard InChI is InChI=1S/C19H28N6O2/c1-5-21-18(26)14-27-17-8-6-7-15(9-17)10-22-19(20-2)24(3)12-16-11-23-25(4)13-16/h6-9,11,13H,5,10,12,14H2,1-4H3,(H,20,22)(H,21,26). The van der Waals surface area contributed by atoms with E-state index < -0.39 is 0 Å². The summed E-state index contributed by atoms with van der Waals surface area (Å²) in [6.07, 6.45) is 3.83. The number of carbonyl (C=O) groups is 1. The predicted octanol–water partition coefficient (Wildman–Crippen LogP) is 1.14. The van der Waals surface area contributed by atoms with Crippen LogP contribution in [0.15, 0.2) is 41.7 Å². The second-order valence-electron chi connectivity index (χ2n) is 6.17. The maximum absolute atomic E-state index is 11.5. The van der Waals surface area contributed by atoms with Crippen LogP contribution in [0.2, 0.25) is 0 Å². The van der Waals surface area contributed by atoms with Gasteiger partial charge in [-0.05, 0) is 24.6 Å². The van der Waals surface area contributed by atoms with Gasteiger partial charge in [-0.15, -0.1) is 0 Å². The summed E-state index contributed by atoms with van der Waals surface area (Å²) in [5.74, 6) is 1.32. The Morgan fingerprint density at radius 3 is 2.81 bits per heavy atom. The van der Waals surface area contributed by atoms with E-state index in [9.17, 15) is 4.79 Å². The van der Waals surface area contributed by atoms with Crippen molar-refractivity contribution in [2.45, 2.75) is 20.0 Å². The van der Waals surface area contributed by atoms with E-state index in [4.69, 9.17) is 4.74 Å². The summed E-state index contributed by atoms with van der Waals surface area (Å²) in [5, 5.41) is 10.2. The Labute approximate surface area is 160 Å². The van der Waals surface area contributed by atoms with Gasteiger partial charge in [0.1, 0.15) is 5.75 Å². The summed E-state index contributed by atoms with van der Waals surface area (Å²) in [5.41, 5.74) is 2.16. The zero-order valence-electron chi connectivity index (χ0n) is 16.4. The first-order chi connectivity index (χ1) is 13.0. The summed E-state index contributed by atoms with van der Waals surface area (Å²) in [4.78, 5) is 17.9. The molecule has 0 atom stereocenters. The molecule has 0 spiro atoms. The molecule has 0 radical (unpaired) electrons. The average Bonchev–Trinajstić information content (AvgIpc) is 3.06. The van der Waals surface area contributed by atoms with Crippen molar-refractivity contribution in [3.63, 3.8) is 0 Å². The number of hydrogen-bond acceptors (Lipinski definition) is 4. The highest BCUT2D eigenvalue weighted by molar-refractivity contribution is 5.79. The smallest absolute Gasteiger partial charge is 0.257 e. The Kier molecular flexibility index (Phi) is 7.66. The highest BCUT2D eigenvalue weighted by atomic mass is 16.5. The fraction of sp³-hybridized carbons (Fsp3) is 0.421. The summed E-state index contributed by atoms with van der Waals surface area (Å²) < 4.78 is 7.32. The van der Waals surface area contributed by atoms with Crippen LogP contribution in [0.4, 0.5) is 0 Å². The van der Waals surface area contributed by atoms with Crippen LogP contribution in [0.25, 0.3) is 0 Å². The molecular formula is C19H28N6O2. The number of aliphatic imine (C=N–C) groups is 1. The van der Waals surface area contributed by atoms with Gasteiger partial charge in [0.15, 0.2) is 12.6 Å². The fourth-order valence-corrected chi connectivity index (χ4v) is 2.61. The Morgan fingerprint density at radius 2 is 2.15 bits per heavy atom. The molecule has 8 heteroatoms. The number of carbonyl (C=O) groups excluding carboxylic acids is 1. The number of nitrogens with zero attached hydrogens (tertiary/aromatic N) is 4. The number of hydrogen-bond donors (Lipinski definition) is 2. The van der Waals surface area contributed by atoms with Gasteiger partial charge in [-0.2, -0.15) is 5.10 Å². The van der Waals surface area contributed by atoms with Gasteiger partial charge < -0.3 is 20.3 Å². The average molecular weight is 372 g/mol. The molecular weight excluding hydrogens is 344 g/mol. The van der Waals surface area contributed by atoms with Crippen LogP contribution in [0.5, 0.6) is 5.75 Å². The van der Waals surface area contributed by atoms with Gasteiger partial charge in [0.25, 0.3) is 5.91 Å². The van der Waals surface area contributed by atoms with Crippen molar-refractivity contribution in [3.05, 3.63) is 47.8 Å². The van der Waals surface area contributed by atoms with E-state index in [0.717, 1.165) is 17.1 Å². The van der Waals surface area contributed by atoms with Gasteiger partial charge in [-0.25, -0.2) is 0 Å². The van der Waals surface area contributed by atoms with Crippen molar-refractivity contribution in [2.24, 2.45) is 12.0 Å². The van der Waals surface area contributed by atoms with Gasteiger partial charge in [-0.1, -0.05) is 12.1 Å². The third-order valence-electron chi connectivity index (χ3n) is 3.84. The maximum Gasteiger partial charge on any atom is 0.257 e. The monoisotopic (exact) mass is 372 g/mol. The van der Waals surface area contributed by atoms with E-state index in [0.29, 0.717) is 25.4 Å². The zero-order valence-corrected chi connectivity index (χ0v) is 16.4. The van der Waals surface area contributed by atoms with E-state index in [1.807, 2.05) is 62.6 Å². The highest BCUT2D eigenvalue weighted by Gasteiger charge is 2.08. The molecule has 1 heterocycles. The summed E-state index contributed by atoms with van der Waals surface area (Å²) >= 11 is 0. The van der Waals surface area contributed by atoms with Gasteiger partial charge in [-0.3, -0.25) is 14.5 Å². The quantitative estimate of drug-likeness (QED) is 0.536. The largest absolute Gasteiger partial charge is 0.484 e. The second kappa shape index (κ2) is 10.2. The molecule has 8 nitrogen and oxygen atoms in total. The second-order valence-corrected chi connectivity index (χ2v) is 6.17. The lowest BCUT2D eigenvalue weighted by molar-refractivity contribution is -0.122. The van der Waals surface area contributed by atoms with Crippen LogP contribution >= 0.6 is 0 Å². The SMILES string of the molecule is CCNC(=O)COc1cccc(CNC(=NC)N(C)Cc2cnn(C)c2)c1.